The van der Waals surface area contributed by atoms with Crippen molar-refractivity contribution < 1.29 is 9.47 Å². The molecule has 30 heavy (non-hydrogen) atoms. The van der Waals surface area contributed by atoms with Crippen LogP contribution in [-0.4, -0.2) is 24.5 Å². The Bertz CT molecular complexity index is 929. The summed E-state index contributed by atoms with van der Waals surface area (Å²) >= 11 is 3.71. The van der Waals surface area contributed by atoms with E-state index in [4.69, 9.17) is 9.47 Å². The summed E-state index contributed by atoms with van der Waals surface area (Å²) < 4.78 is 12.6. The number of halogens is 1. The third kappa shape index (κ3) is 5.87. The number of aryl methyl sites for hydroxylation is 1. The highest BCUT2D eigenvalue weighted by molar-refractivity contribution is 9.10. The summed E-state index contributed by atoms with van der Waals surface area (Å²) in [6.07, 6.45) is 13.7. The van der Waals surface area contributed by atoms with E-state index in [1.165, 1.54) is 83.2 Å². The van der Waals surface area contributed by atoms with Gasteiger partial charge in [-0.2, -0.15) is 0 Å². The van der Waals surface area contributed by atoms with Gasteiger partial charge in [0.2, 0.25) is 0 Å². The molecule has 2 heterocycles. The summed E-state index contributed by atoms with van der Waals surface area (Å²) in [5.41, 5.74) is 3.96. The number of H-pyrrole nitrogens is 1. The summed E-state index contributed by atoms with van der Waals surface area (Å²) in [7, 11) is 0. The highest BCUT2D eigenvalue weighted by atomic mass is 79.9. The smallest absolute Gasteiger partial charge is 0.157 e. The van der Waals surface area contributed by atoms with E-state index >= 15 is 0 Å². The van der Waals surface area contributed by atoms with Gasteiger partial charge in [-0.3, -0.25) is 0 Å². The molecule has 1 saturated heterocycles. The largest absolute Gasteiger partial charge is 0.354 e. The second kappa shape index (κ2) is 11.3. The van der Waals surface area contributed by atoms with Gasteiger partial charge in [0.1, 0.15) is 0 Å². The van der Waals surface area contributed by atoms with E-state index in [9.17, 15) is 0 Å². The van der Waals surface area contributed by atoms with Gasteiger partial charge in [0.05, 0.1) is 0 Å². The lowest BCUT2D eigenvalue weighted by atomic mass is 10.0. The maximum atomic E-state index is 5.81. The molecule has 2 aromatic carbocycles. The highest BCUT2D eigenvalue weighted by Gasteiger charge is 2.13. The van der Waals surface area contributed by atoms with Crippen molar-refractivity contribution in [2.75, 3.05) is 13.2 Å². The molecule has 0 radical (unpaired) electrons. The maximum Gasteiger partial charge on any atom is 0.157 e. The number of ether oxygens (including phenoxy) is 2. The standard InChI is InChI=1S/C26H34BrNO2/c27-21-18-20(26-23(19-21)22-13-7-8-14-24(22)28-26)12-6-4-2-1-3-5-10-16-29-25-15-9-11-17-30-25/h7-8,13-14,18-19,25,28H,1-6,9-12,15-17H2. The Morgan fingerprint density at radius 2 is 1.73 bits per heavy atom. The van der Waals surface area contributed by atoms with Gasteiger partial charge in [0.25, 0.3) is 0 Å². The first-order chi connectivity index (χ1) is 14.8. The van der Waals surface area contributed by atoms with Gasteiger partial charge in [0, 0.05) is 39.5 Å². The van der Waals surface area contributed by atoms with Crippen LogP contribution >= 0.6 is 15.9 Å². The lowest BCUT2D eigenvalue weighted by Crippen LogP contribution is -2.22. The van der Waals surface area contributed by atoms with E-state index in [0.29, 0.717) is 0 Å². The Balaban J connectivity index is 1.13. The molecule has 4 rings (SSSR count). The van der Waals surface area contributed by atoms with Crippen molar-refractivity contribution in [2.24, 2.45) is 0 Å². The molecule has 0 amide bonds. The number of para-hydroxylation sites is 1. The first kappa shape index (κ1) is 21.9. The van der Waals surface area contributed by atoms with Crippen molar-refractivity contribution in [1.82, 2.24) is 4.98 Å². The Kier molecular flexibility index (Phi) is 8.24. The van der Waals surface area contributed by atoms with Crippen LogP contribution in [-0.2, 0) is 15.9 Å². The molecule has 1 aliphatic heterocycles. The highest BCUT2D eigenvalue weighted by Crippen LogP contribution is 2.31. The Morgan fingerprint density at radius 3 is 2.57 bits per heavy atom. The molecule has 1 unspecified atom stereocenters. The van der Waals surface area contributed by atoms with Gasteiger partial charge in [-0.1, -0.05) is 66.2 Å². The lowest BCUT2D eigenvalue weighted by molar-refractivity contribution is -0.162. The minimum Gasteiger partial charge on any atom is -0.354 e. The number of rotatable bonds is 11. The van der Waals surface area contributed by atoms with Crippen molar-refractivity contribution in [1.29, 1.82) is 0 Å². The predicted octanol–water partition coefficient (Wildman–Crippen LogP) is 7.90. The van der Waals surface area contributed by atoms with Crippen LogP contribution in [0.2, 0.25) is 0 Å². The van der Waals surface area contributed by atoms with E-state index < -0.39 is 0 Å². The van der Waals surface area contributed by atoms with Crippen LogP contribution in [0.3, 0.4) is 0 Å². The minimum absolute atomic E-state index is 0.0699. The Morgan fingerprint density at radius 1 is 0.933 bits per heavy atom. The van der Waals surface area contributed by atoms with E-state index in [2.05, 4.69) is 57.3 Å². The zero-order chi connectivity index (χ0) is 20.6. The van der Waals surface area contributed by atoms with Crippen LogP contribution in [0.25, 0.3) is 21.8 Å². The van der Waals surface area contributed by atoms with Gasteiger partial charge < -0.3 is 14.5 Å². The maximum absolute atomic E-state index is 5.81. The van der Waals surface area contributed by atoms with E-state index in [1.54, 1.807) is 0 Å². The molecule has 0 aliphatic carbocycles. The van der Waals surface area contributed by atoms with Crippen molar-refractivity contribution >= 4 is 37.7 Å². The zero-order valence-corrected chi connectivity index (χ0v) is 19.5. The third-order valence-corrected chi connectivity index (χ3v) is 6.65. The van der Waals surface area contributed by atoms with Crippen LogP contribution in [0.1, 0.15) is 69.8 Å². The fourth-order valence-corrected chi connectivity index (χ4v) is 5.05. The topological polar surface area (TPSA) is 34.2 Å². The molecule has 0 bridgehead atoms. The van der Waals surface area contributed by atoms with Gasteiger partial charge >= 0.3 is 0 Å². The molecule has 1 aromatic heterocycles. The second-order valence-electron chi connectivity index (χ2n) is 8.55. The first-order valence-corrected chi connectivity index (χ1v) is 12.5. The molecule has 3 aromatic rings. The number of hydrogen-bond donors (Lipinski definition) is 1. The molecule has 1 fully saturated rings. The summed E-state index contributed by atoms with van der Waals surface area (Å²) in [5, 5.41) is 2.64. The molecule has 162 valence electrons. The van der Waals surface area contributed by atoms with Crippen LogP contribution < -0.4 is 0 Å². The SMILES string of the molecule is Brc1cc(CCCCCCCCCOC2CCCCO2)c2[nH]c3ccccc3c2c1. The van der Waals surface area contributed by atoms with Crippen LogP contribution in [0.15, 0.2) is 40.9 Å². The van der Waals surface area contributed by atoms with E-state index in [1.807, 2.05) is 0 Å². The van der Waals surface area contributed by atoms with E-state index in [0.717, 1.165) is 32.5 Å². The molecule has 1 N–H and O–H groups in total. The Hall–Kier alpha value is -1.36. The average Bonchev–Trinajstić information content (AvgIpc) is 3.14. The fraction of sp³-hybridized carbons (Fsp3) is 0.538. The molecule has 3 nitrogen and oxygen atoms in total. The minimum atomic E-state index is 0.0699. The number of aromatic amines is 1. The van der Waals surface area contributed by atoms with Gasteiger partial charge in [0.15, 0.2) is 6.29 Å². The van der Waals surface area contributed by atoms with Crippen molar-refractivity contribution in [3.63, 3.8) is 0 Å². The monoisotopic (exact) mass is 471 g/mol. The van der Waals surface area contributed by atoms with Crippen LogP contribution in [0.5, 0.6) is 0 Å². The van der Waals surface area contributed by atoms with Gasteiger partial charge in [-0.25, -0.2) is 0 Å². The summed E-state index contributed by atoms with van der Waals surface area (Å²) in [5.74, 6) is 0. The first-order valence-electron chi connectivity index (χ1n) is 11.7. The molecule has 1 aliphatic rings. The normalized spacial score (nSPS) is 17.2. The lowest BCUT2D eigenvalue weighted by Gasteiger charge is -2.22. The number of fused-ring (bicyclic) bond motifs is 3. The molecule has 1 atom stereocenters. The second-order valence-corrected chi connectivity index (χ2v) is 9.47. The molecular formula is C26H34BrNO2. The zero-order valence-electron chi connectivity index (χ0n) is 17.9. The predicted molar refractivity (Wildman–Crippen MR) is 129 cm³/mol. The molecule has 4 heteroatoms. The number of unbranched alkanes of at least 4 members (excludes halogenated alkanes) is 6. The summed E-state index contributed by atoms with van der Waals surface area (Å²) in [6, 6.07) is 13.1. The number of nitrogens with one attached hydrogen (secondary N) is 1. The average molecular weight is 472 g/mol. The van der Waals surface area contributed by atoms with E-state index in [-0.39, 0.29) is 6.29 Å². The van der Waals surface area contributed by atoms with Crippen molar-refractivity contribution in [3.8, 4) is 0 Å². The number of benzene rings is 2. The van der Waals surface area contributed by atoms with Crippen LogP contribution in [0, 0.1) is 0 Å². The van der Waals surface area contributed by atoms with Crippen molar-refractivity contribution in [3.05, 3.63) is 46.4 Å². The van der Waals surface area contributed by atoms with Gasteiger partial charge in [-0.15, -0.1) is 0 Å². The molecule has 0 spiro atoms. The molecule has 0 saturated carbocycles. The fourth-order valence-electron chi connectivity index (χ4n) is 4.54. The summed E-state index contributed by atoms with van der Waals surface area (Å²) in [6.45, 7) is 1.73. The number of aromatic nitrogens is 1. The Labute approximate surface area is 188 Å². The third-order valence-electron chi connectivity index (χ3n) is 6.19. The van der Waals surface area contributed by atoms with Crippen LogP contribution in [0.4, 0.5) is 0 Å². The summed E-state index contributed by atoms with van der Waals surface area (Å²) in [4.78, 5) is 3.64. The van der Waals surface area contributed by atoms with Crippen molar-refractivity contribution in [2.45, 2.75) is 76.9 Å². The van der Waals surface area contributed by atoms with Gasteiger partial charge in [-0.05, 0) is 62.3 Å². The quantitative estimate of drug-likeness (QED) is 0.288. The number of hydrogen-bond acceptors (Lipinski definition) is 2. The molecular weight excluding hydrogens is 438 g/mol.